The van der Waals surface area contributed by atoms with E-state index in [2.05, 4.69) is 19.1 Å². The Labute approximate surface area is 106 Å². The highest BCUT2D eigenvalue weighted by Crippen LogP contribution is 2.78. The molecule has 3 aliphatic rings. The Balaban J connectivity index is 1.88. The number of benzene rings is 1. The third-order valence-electron chi connectivity index (χ3n) is 5.30. The maximum Gasteiger partial charge on any atom is 0.307 e. The number of ether oxygens (including phenoxy) is 2. The first-order valence-corrected chi connectivity index (χ1v) is 6.51. The molecule has 0 aromatic heterocycles. The van der Waals surface area contributed by atoms with Gasteiger partial charge in [0, 0.05) is 11.3 Å². The van der Waals surface area contributed by atoms with Crippen molar-refractivity contribution in [2.24, 2.45) is 11.3 Å². The van der Waals surface area contributed by atoms with E-state index in [-0.39, 0.29) is 17.0 Å². The van der Waals surface area contributed by atoms with Crippen LogP contribution in [-0.4, -0.2) is 13.1 Å². The first kappa shape index (κ1) is 10.4. The molecule has 2 fully saturated rings. The van der Waals surface area contributed by atoms with Gasteiger partial charge in [-0.25, -0.2) is 0 Å². The van der Waals surface area contributed by atoms with E-state index in [9.17, 15) is 4.79 Å². The van der Waals surface area contributed by atoms with Gasteiger partial charge in [0.05, 0.1) is 13.5 Å². The third-order valence-corrected chi connectivity index (χ3v) is 5.30. The van der Waals surface area contributed by atoms with Crippen LogP contribution in [0.1, 0.15) is 30.9 Å². The Bertz CT molecular complexity index is 565. The summed E-state index contributed by atoms with van der Waals surface area (Å²) in [5.41, 5.74) is 2.35. The van der Waals surface area contributed by atoms with Gasteiger partial charge in [-0.2, -0.15) is 0 Å². The third kappa shape index (κ3) is 0.922. The van der Waals surface area contributed by atoms with Gasteiger partial charge in [0.15, 0.2) is 0 Å². The minimum Gasteiger partial charge on any atom is -0.497 e. The summed E-state index contributed by atoms with van der Waals surface area (Å²) in [6.45, 7) is 2.26. The van der Waals surface area contributed by atoms with E-state index in [0.717, 1.165) is 18.6 Å². The molecule has 1 aromatic rings. The number of aryl methyl sites for hydroxylation is 1. The van der Waals surface area contributed by atoms with Gasteiger partial charge >= 0.3 is 5.97 Å². The molecule has 1 aliphatic heterocycles. The molecule has 0 bridgehead atoms. The zero-order valence-corrected chi connectivity index (χ0v) is 10.7. The zero-order valence-electron chi connectivity index (χ0n) is 10.7. The van der Waals surface area contributed by atoms with Crippen LogP contribution >= 0.6 is 0 Å². The number of rotatable bonds is 1. The normalized spacial score (nSPS) is 39.4. The first-order valence-electron chi connectivity index (χ1n) is 6.51. The van der Waals surface area contributed by atoms with Gasteiger partial charge in [-0.15, -0.1) is 0 Å². The number of hydrogen-bond acceptors (Lipinski definition) is 3. The summed E-state index contributed by atoms with van der Waals surface area (Å²) in [5.74, 6) is 1.23. The molecular weight excluding hydrogens is 228 g/mol. The predicted molar refractivity (Wildman–Crippen MR) is 65.3 cm³/mol. The fraction of sp³-hybridized carbons (Fsp3) is 0.533. The van der Waals surface area contributed by atoms with Crippen molar-refractivity contribution in [2.45, 2.75) is 31.8 Å². The topological polar surface area (TPSA) is 35.5 Å². The molecule has 2 aliphatic carbocycles. The first-order chi connectivity index (χ1) is 8.62. The minimum atomic E-state index is -0.316. The van der Waals surface area contributed by atoms with Crippen LogP contribution in [-0.2, 0) is 21.6 Å². The SMILES string of the molecule is COc1ccc2c(c1)CC[C@@]1(C)[C@@H]3CC(=O)O[C@@]231. The Morgan fingerprint density at radius 3 is 3.06 bits per heavy atom. The predicted octanol–water partition coefficient (Wildman–Crippen LogP) is 2.42. The quantitative estimate of drug-likeness (QED) is 0.712. The van der Waals surface area contributed by atoms with E-state index >= 15 is 0 Å². The molecule has 1 heterocycles. The van der Waals surface area contributed by atoms with Crippen molar-refractivity contribution in [3.8, 4) is 5.75 Å². The number of fused-ring (bicyclic) bond motifs is 2. The molecule has 18 heavy (non-hydrogen) atoms. The lowest BCUT2D eigenvalue weighted by atomic mass is 9.82. The molecule has 1 aromatic carbocycles. The molecule has 1 saturated heterocycles. The second kappa shape index (κ2) is 2.90. The summed E-state index contributed by atoms with van der Waals surface area (Å²) < 4.78 is 11.0. The number of hydrogen-bond donors (Lipinski definition) is 0. The summed E-state index contributed by atoms with van der Waals surface area (Å²) in [7, 11) is 1.68. The number of esters is 1. The number of methoxy groups -OCH3 is 1. The molecule has 3 heteroatoms. The van der Waals surface area contributed by atoms with Gasteiger partial charge in [0.1, 0.15) is 11.4 Å². The lowest BCUT2D eigenvalue weighted by Gasteiger charge is -2.30. The van der Waals surface area contributed by atoms with E-state index in [4.69, 9.17) is 9.47 Å². The van der Waals surface area contributed by atoms with Crippen LogP contribution in [0.5, 0.6) is 5.75 Å². The lowest BCUT2D eigenvalue weighted by molar-refractivity contribution is -0.150. The van der Waals surface area contributed by atoms with Crippen molar-refractivity contribution in [2.75, 3.05) is 7.11 Å². The zero-order chi connectivity index (χ0) is 12.5. The molecule has 0 amide bonds. The van der Waals surface area contributed by atoms with Gasteiger partial charge in [0.2, 0.25) is 0 Å². The highest BCUT2D eigenvalue weighted by molar-refractivity contribution is 5.77. The van der Waals surface area contributed by atoms with Gasteiger partial charge in [-0.05, 0) is 36.1 Å². The fourth-order valence-corrected chi connectivity index (χ4v) is 4.25. The molecule has 0 unspecified atom stereocenters. The summed E-state index contributed by atoms with van der Waals surface area (Å²) in [6.07, 6.45) is 2.74. The summed E-state index contributed by atoms with van der Waals surface area (Å²) in [4.78, 5) is 11.6. The monoisotopic (exact) mass is 244 g/mol. The van der Waals surface area contributed by atoms with Crippen LogP contribution in [0.25, 0.3) is 0 Å². The number of carbonyl (C=O) groups excluding carboxylic acids is 1. The van der Waals surface area contributed by atoms with E-state index in [1.54, 1.807) is 7.11 Å². The second-order valence-corrected chi connectivity index (χ2v) is 5.91. The van der Waals surface area contributed by atoms with Crippen molar-refractivity contribution < 1.29 is 14.3 Å². The molecular formula is C15H16O3. The molecule has 4 rings (SSSR count). The Morgan fingerprint density at radius 1 is 1.44 bits per heavy atom. The van der Waals surface area contributed by atoms with Crippen molar-refractivity contribution in [3.05, 3.63) is 29.3 Å². The Morgan fingerprint density at radius 2 is 2.28 bits per heavy atom. The Kier molecular flexibility index (Phi) is 1.68. The van der Waals surface area contributed by atoms with Crippen LogP contribution in [0, 0.1) is 11.3 Å². The summed E-state index contributed by atoms with van der Waals surface area (Å²) in [6, 6.07) is 6.15. The number of carbonyl (C=O) groups is 1. The van der Waals surface area contributed by atoms with Crippen LogP contribution < -0.4 is 4.74 Å². The highest BCUT2D eigenvalue weighted by Gasteiger charge is 2.81. The van der Waals surface area contributed by atoms with Crippen LogP contribution in [0.4, 0.5) is 0 Å². The van der Waals surface area contributed by atoms with Gasteiger partial charge in [0.25, 0.3) is 0 Å². The summed E-state index contributed by atoms with van der Waals surface area (Å²) >= 11 is 0. The van der Waals surface area contributed by atoms with E-state index in [1.807, 2.05) is 6.07 Å². The second-order valence-electron chi connectivity index (χ2n) is 5.91. The van der Waals surface area contributed by atoms with E-state index in [1.165, 1.54) is 11.1 Å². The molecule has 1 saturated carbocycles. The van der Waals surface area contributed by atoms with Crippen molar-refractivity contribution in [1.82, 2.24) is 0 Å². The Hall–Kier alpha value is -1.51. The smallest absolute Gasteiger partial charge is 0.307 e. The molecule has 94 valence electrons. The average molecular weight is 244 g/mol. The molecule has 0 N–H and O–H groups in total. The van der Waals surface area contributed by atoms with E-state index in [0.29, 0.717) is 12.3 Å². The fourth-order valence-electron chi connectivity index (χ4n) is 4.25. The maximum atomic E-state index is 11.6. The lowest BCUT2D eigenvalue weighted by Crippen LogP contribution is -2.27. The largest absolute Gasteiger partial charge is 0.497 e. The standard InChI is InChI=1S/C15H16O3/c1-14-6-5-9-7-10(17-2)3-4-11(9)15(14)12(14)8-13(16)18-15/h3-4,7,12H,5-6,8H2,1-2H3/t12-,14-,15-/m0/s1. The van der Waals surface area contributed by atoms with Gasteiger partial charge in [-0.1, -0.05) is 13.0 Å². The van der Waals surface area contributed by atoms with Crippen molar-refractivity contribution in [1.29, 1.82) is 0 Å². The molecule has 3 atom stereocenters. The minimum absolute atomic E-state index is 0.0406. The van der Waals surface area contributed by atoms with E-state index < -0.39 is 0 Å². The van der Waals surface area contributed by atoms with Gasteiger partial charge < -0.3 is 9.47 Å². The highest BCUT2D eigenvalue weighted by atomic mass is 16.6. The van der Waals surface area contributed by atoms with Gasteiger partial charge in [-0.3, -0.25) is 4.79 Å². The molecule has 0 radical (unpaired) electrons. The average Bonchev–Trinajstić information content (AvgIpc) is 2.69. The molecule has 3 nitrogen and oxygen atoms in total. The molecule has 1 spiro atoms. The summed E-state index contributed by atoms with van der Waals surface area (Å²) in [5, 5.41) is 0. The van der Waals surface area contributed by atoms with Crippen LogP contribution in [0.15, 0.2) is 18.2 Å². The van der Waals surface area contributed by atoms with Crippen LogP contribution in [0.2, 0.25) is 0 Å². The maximum absolute atomic E-state index is 11.6. The van der Waals surface area contributed by atoms with Crippen molar-refractivity contribution >= 4 is 5.97 Å². The van der Waals surface area contributed by atoms with Crippen LogP contribution in [0.3, 0.4) is 0 Å². The van der Waals surface area contributed by atoms with Crippen molar-refractivity contribution in [3.63, 3.8) is 0 Å².